The number of carbonyl (C=O) groups is 1. The van der Waals surface area contributed by atoms with E-state index in [2.05, 4.69) is 51.6 Å². The molecule has 24 heavy (non-hydrogen) atoms. The van der Waals surface area contributed by atoms with Crippen LogP contribution >= 0.6 is 0 Å². The largest absolute Gasteiger partial charge is 0.423 e. The molecule has 2 aromatic carbocycles. The van der Waals surface area contributed by atoms with Crippen LogP contribution in [0.15, 0.2) is 60.7 Å². The number of aryl methyl sites for hydroxylation is 1. The van der Waals surface area contributed by atoms with Gasteiger partial charge in [-0.25, -0.2) is 4.79 Å². The Bertz CT molecular complexity index is 707. The molecular formula is C22H26O2. The molecule has 0 N–H and O–H groups in total. The van der Waals surface area contributed by atoms with Crippen molar-refractivity contribution in [3.8, 4) is 5.75 Å². The van der Waals surface area contributed by atoms with E-state index in [-0.39, 0.29) is 5.41 Å². The molecule has 2 rings (SSSR count). The van der Waals surface area contributed by atoms with Crippen molar-refractivity contribution in [2.24, 2.45) is 0 Å². The summed E-state index contributed by atoms with van der Waals surface area (Å²) in [4.78, 5) is 11.6. The summed E-state index contributed by atoms with van der Waals surface area (Å²) in [5.74, 6) is 0.148. The van der Waals surface area contributed by atoms with Crippen LogP contribution in [0.1, 0.15) is 50.8 Å². The molecule has 0 atom stereocenters. The van der Waals surface area contributed by atoms with Crippen molar-refractivity contribution in [1.82, 2.24) is 0 Å². The third-order valence-corrected chi connectivity index (χ3v) is 4.35. The molecule has 0 aliphatic rings. The Hall–Kier alpha value is -2.35. The molecule has 2 heteroatoms. The molecule has 126 valence electrons. The molecule has 0 radical (unpaired) electrons. The third kappa shape index (κ3) is 4.14. The first kappa shape index (κ1) is 18.0. The summed E-state index contributed by atoms with van der Waals surface area (Å²) in [6.45, 7) is 11.8. The van der Waals surface area contributed by atoms with Gasteiger partial charge in [0.25, 0.3) is 0 Å². The molecule has 2 nitrogen and oxygen atoms in total. The van der Waals surface area contributed by atoms with Gasteiger partial charge in [0.2, 0.25) is 0 Å². The van der Waals surface area contributed by atoms with E-state index in [1.165, 1.54) is 16.7 Å². The highest BCUT2D eigenvalue weighted by Crippen LogP contribution is 2.32. The van der Waals surface area contributed by atoms with E-state index in [1.807, 2.05) is 24.3 Å². The molecule has 0 amide bonds. The number of ether oxygens (including phenoxy) is 1. The van der Waals surface area contributed by atoms with Crippen molar-refractivity contribution in [1.29, 1.82) is 0 Å². The zero-order chi connectivity index (χ0) is 17.7. The predicted molar refractivity (Wildman–Crippen MR) is 99.5 cm³/mol. The number of rotatable bonds is 6. The van der Waals surface area contributed by atoms with E-state index in [1.54, 1.807) is 6.92 Å². The number of esters is 1. The Morgan fingerprint density at radius 2 is 1.50 bits per heavy atom. The lowest BCUT2D eigenvalue weighted by molar-refractivity contribution is -0.130. The van der Waals surface area contributed by atoms with E-state index in [0.717, 1.165) is 12.8 Å². The van der Waals surface area contributed by atoms with E-state index in [0.29, 0.717) is 11.3 Å². The summed E-state index contributed by atoms with van der Waals surface area (Å²) in [6.07, 6.45) is 2.27. The van der Waals surface area contributed by atoms with Gasteiger partial charge < -0.3 is 4.74 Å². The molecule has 0 aliphatic heterocycles. The lowest BCUT2D eigenvalue weighted by Crippen LogP contribution is -2.19. The maximum atomic E-state index is 11.6. The molecule has 0 fully saturated rings. The fourth-order valence-electron chi connectivity index (χ4n) is 2.68. The highest BCUT2D eigenvalue weighted by Gasteiger charge is 2.23. The fourth-order valence-corrected chi connectivity index (χ4v) is 2.68. The van der Waals surface area contributed by atoms with Gasteiger partial charge in [0, 0.05) is 11.0 Å². The Balaban J connectivity index is 2.19. The first-order chi connectivity index (χ1) is 11.3. The maximum absolute atomic E-state index is 11.6. The molecule has 2 aromatic rings. The SMILES string of the molecule is C=C(C)C(=O)Oc1ccc(C(C)(C)c2ccc(CCC)cc2)cc1. The van der Waals surface area contributed by atoms with Crippen LogP contribution in [0, 0.1) is 0 Å². The highest BCUT2D eigenvalue weighted by molar-refractivity contribution is 5.88. The molecule has 0 unspecified atom stereocenters. The summed E-state index contributed by atoms with van der Waals surface area (Å²) in [5, 5.41) is 0. The Morgan fingerprint density at radius 3 is 1.96 bits per heavy atom. The Morgan fingerprint density at radius 1 is 1.00 bits per heavy atom. The normalized spacial score (nSPS) is 11.2. The fraction of sp³-hybridized carbons (Fsp3) is 0.318. The average Bonchev–Trinajstić information content (AvgIpc) is 2.56. The van der Waals surface area contributed by atoms with Crippen molar-refractivity contribution < 1.29 is 9.53 Å². The first-order valence-corrected chi connectivity index (χ1v) is 8.42. The van der Waals surface area contributed by atoms with Crippen molar-refractivity contribution >= 4 is 5.97 Å². The van der Waals surface area contributed by atoms with Crippen LogP contribution in [0.4, 0.5) is 0 Å². The van der Waals surface area contributed by atoms with Gasteiger partial charge >= 0.3 is 5.97 Å². The topological polar surface area (TPSA) is 26.3 Å². The summed E-state index contributed by atoms with van der Waals surface area (Å²) in [6, 6.07) is 16.5. The van der Waals surface area contributed by atoms with Crippen molar-refractivity contribution in [3.63, 3.8) is 0 Å². The second kappa shape index (κ2) is 7.48. The average molecular weight is 322 g/mol. The third-order valence-electron chi connectivity index (χ3n) is 4.35. The van der Waals surface area contributed by atoms with Gasteiger partial charge in [-0.15, -0.1) is 0 Å². The van der Waals surface area contributed by atoms with Crippen molar-refractivity contribution in [2.45, 2.75) is 46.0 Å². The first-order valence-electron chi connectivity index (χ1n) is 8.42. The van der Waals surface area contributed by atoms with E-state index >= 15 is 0 Å². The lowest BCUT2D eigenvalue weighted by atomic mass is 9.78. The summed E-state index contributed by atoms with van der Waals surface area (Å²) < 4.78 is 5.25. The molecule has 0 spiro atoms. The molecular weight excluding hydrogens is 296 g/mol. The molecule has 0 aliphatic carbocycles. The Labute approximate surface area is 145 Å². The van der Waals surface area contributed by atoms with Gasteiger partial charge in [-0.05, 0) is 42.2 Å². The van der Waals surface area contributed by atoms with Gasteiger partial charge in [0.05, 0.1) is 0 Å². The number of hydrogen-bond acceptors (Lipinski definition) is 2. The monoisotopic (exact) mass is 322 g/mol. The van der Waals surface area contributed by atoms with E-state index < -0.39 is 5.97 Å². The van der Waals surface area contributed by atoms with Crippen molar-refractivity contribution in [3.05, 3.63) is 77.4 Å². The van der Waals surface area contributed by atoms with Crippen LogP contribution in [0.25, 0.3) is 0 Å². The van der Waals surface area contributed by atoms with Crippen LogP contribution in [0.2, 0.25) is 0 Å². The maximum Gasteiger partial charge on any atom is 0.338 e. The smallest absolute Gasteiger partial charge is 0.338 e. The lowest BCUT2D eigenvalue weighted by Gasteiger charge is -2.26. The van der Waals surface area contributed by atoms with Crippen molar-refractivity contribution in [2.75, 3.05) is 0 Å². The second-order valence-corrected chi connectivity index (χ2v) is 6.77. The summed E-state index contributed by atoms with van der Waals surface area (Å²) in [5.41, 5.74) is 4.11. The molecule has 0 aromatic heterocycles. The number of carbonyl (C=O) groups excluding carboxylic acids is 1. The second-order valence-electron chi connectivity index (χ2n) is 6.77. The van der Waals surface area contributed by atoms with Crippen LogP contribution in [0.3, 0.4) is 0 Å². The molecule has 0 saturated heterocycles. The molecule has 0 bridgehead atoms. The van der Waals surface area contributed by atoms with Crippen LogP contribution < -0.4 is 4.74 Å². The minimum Gasteiger partial charge on any atom is -0.423 e. The minimum absolute atomic E-state index is 0.109. The van der Waals surface area contributed by atoms with Gasteiger partial charge in [-0.3, -0.25) is 0 Å². The van der Waals surface area contributed by atoms with Gasteiger partial charge in [0.1, 0.15) is 5.75 Å². The zero-order valence-corrected chi connectivity index (χ0v) is 15.1. The number of hydrogen-bond donors (Lipinski definition) is 0. The molecule has 0 saturated carbocycles. The predicted octanol–water partition coefficient (Wildman–Crippen LogP) is 5.45. The minimum atomic E-state index is -0.395. The quantitative estimate of drug-likeness (QED) is 0.402. The van der Waals surface area contributed by atoms with Gasteiger partial charge in [-0.1, -0.05) is 70.2 Å². The standard InChI is InChI=1S/C22H26O2/c1-6-7-17-8-10-18(11-9-17)22(4,5)19-12-14-20(15-13-19)24-21(23)16(2)3/h8-15H,2,6-7H2,1,3-5H3. The van der Waals surface area contributed by atoms with Crippen LogP contribution in [0.5, 0.6) is 5.75 Å². The van der Waals surface area contributed by atoms with Gasteiger partial charge in [0.15, 0.2) is 0 Å². The summed E-state index contributed by atoms with van der Waals surface area (Å²) >= 11 is 0. The van der Waals surface area contributed by atoms with E-state index in [9.17, 15) is 4.79 Å². The Kier molecular flexibility index (Phi) is 5.61. The highest BCUT2D eigenvalue weighted by atomic mass is 16.5. The van der Waals surface area contributed by atoms with Crippen LogP contribution in [-0.2, 0) is 16.6 Å². The molecule has 0 heterocycles. The van der Waals surface area contributed by atoms with E-state index in [4.69, 9.17) is 4.74 Å². The number of benzene rings is 2. The zero-order valence-electron chi connectivity index (χ0n) is 15.1. The van der Waals surface area contributed by atoms with Gasteiger partial charge in [-0.2, -0.15) is 0 Å². The van der Waals surface area contributed by atoms with Crippen LogP contribution in [-0.4, -0.2) is 5.97 Å². The summed E-state index contributed by atoms with van der Waals surface area (Å²) in [7, 11) is 0.